The van der Waals surface area contributed by atoms with Gasteiger partial charge in [-0.1, -0.05) is 30.3 Å². The first-order valence-corrected chi connectivity index (χ1v) is 12.7. The predicted octanol–water partition coefficient (Wildman–Crippen LogP) is 5.30. The van der Waals surface area contributed by atoms with E-state index in [9.17, 15) is 9.59 Å². The first-order chi connectivity index (χ1) is 19.0. The first kappa shape index (κ1) is 26.9. The van der Waals surface area contributed by atoms with Crippen LogP contribution in [0.4, 0.5) is 11.4 Å². The Labute approximate surface area is 227 Å². The van der Waals surface area contributed by atoms with Crippen molar-refractivity contribution in [3.05, 3.63) is 114 Å². The highest BCUT2D eigenvalue weighted by Crippen LogP contribution is 2.22. The molecule has 39 heavy (non-hydrogen) atoms. The van der Waals surface area contributed by atoms with Gasteiger partial charge in [-0.15, -0.1) is 0 Å². The van der Waals surface area contributed by atoms with Gasteiger partial charge in [-0.25, -0.2) is 5.43 Å². The van der Waals surface area contributed by atoms with Gasteiger partial charge >= 0.3 is 0 Å². The molecule has 0 aliphatic carbocycles. The fraction of sp³-hybridized carbons (Fsp3) is 0.129. The highest BCUT2D eigenvalue weighted by atomic mass is 16.3. The number of hydrogen-bond acceptors (Lipinski definition) is 6. The van der Waals surface area contributed by atoms with Gasteiger partial charge in [0.1, 0.15) is 17.2 Å². The molecule has 8 heteroatoms. The molecule has 198 valence electrons. The number of nitrogen functional groups attached to an aromatic ring is 1. The Balaban J connectivity index is 1.51. The molecule has 0 radical (unpaired) electrons. The van der Waals surface area contributed by atoms with E-state index in [2.05, 4.69) is 34.6 Å². The molecule has 4 N–H and O–H groups in total. The molecule has 1 heterocycles. The molecule has 2 amide bonds. The normalized spacial score (nSPS) is 11.4. The Bertz CT molecular complexity index is 1450. The Kier molecular flexibility index (Phi) is 8.92. The van der Waals surface area contributed by atoms with Crippen molar-refractivity contribution in [1.29, 1.82) is 0 Å². The molecule has 0 bridgehead atoms. The van der Waals surface area contributed by atoms with Crippen LogP contribution in [0.2, 0.25) is 0 Å². The van der Waals surface area contributed by atoms with Crippen molar-refractivity contribution in [1.82, 2.24) is 10.7 Å². The van der Waals surface area contributed by atoms with Crippen molar-refractivity contribution in [2.24, 2.45) is 5.10 Å². The number of benzene rings is 3. The zero-order valence-corrected chi connectivity index (χ0v) is 21.9. The Morgan fingerprint density at radius 1 is 0.897 bits per heavy atom. The molecule has 0 fully saturated rings. The second-order valence-corrected chi connectivity index (χ2v) is 8.67. The summed E-state index contributed by atoms with van der Waals surface area (Å²) in [6, 6.07) is 27.3. The van der Waals surface area contributed by atoms with Gasteiger partial charge in [0, 0.05) is 35.6 Å². The zero-order valence-electron chi connectivity index (χ0n) is 21.9. The van der Waals surface area contributed by atoms with Crippen LogP contribution in [0, 0.1) is 0 Å². The van der Waals surface area contributed by atoms with Gasteiger partial charge in [0.05, 0.1) is 6.21 Å². The molecule has 0 unspecified atom stereocenters. The number of furan rings is 1. The average molecular weight is 522 g/mol. The number of amides is 2. The second kappa shape index (κ2) is 12.9. The zero-order chi connectivity index (χ0) is 27.6. The summed E-state index contributed by atoms with van der Waals surface area (Å²) in [5.74, 6) is 0.119. The van der Waals surface area contributed by atoms with E-state index in [1.165, 1.54) is 6.21 Å². The quantitative estimate of drug-likeness (QED) is 0.114. The molecule has 1 aromatic heterocycles. The van der Waals surface area contributed by atoms with Crippen molar-refractivity contribution in [2.75, 3.05) is 23.7 Å². The summed E-state index contributed by atoms with van der Waals surface area (Å²) in [5, 5.41) is 6.74. The van der Waals surface area contributed by atoms with Gasteiger partial charge in [0.15, 0.2) is 0 Å². The third-order valence-electron chi connectivity index (χ3n) is 6.04. The Morgan fingerprint density at radius 2 is 1.59 bits per heavy atom. The fourth-order valence-electron chi connectivity index (χ4n) is 3.92. The molecule has 0 aliphatic heterocycles. The summed E-state index contributed by atoms with van der Waals surface area (Å²) in [4.78, 5) is 28.1. The predicted molar refractivity (Wildman–Crippen MR) is 156 cm³/mol. The van der Waals surface area contributed by atoms with E-state index in [1.807, 2.05) is 48.5 Å². The molecule has 0 saturated carbocycles. The van der Waals surface area contributed by atoms with Gasteiger partial charge in [0.25, 0.3) is 11.8 Å². The van der Waals surface area contributed by atoms with E-state index in [4.69, 9.17) is 10.2 Å². The highest BCUT2D eigenvalue weighted by molar-refractivity contribution is 6.05. The lowest BCUT2D eigenvalue weighted by Crippen LogP contribution is -2.32. The molecule has 0 atom stereocenters. The van der Waals surface area contributed by atoms with E-state index in [-0.39, 0.29) is 5.70 Å². The van der Waals surface area contributed by atoms with Crippen LogP contribution in [0.1, 0.15) is 35.5 Å². The third kappa shape index (κ3) is 7.23. The number of carbonyl (C=O) groups is 2. The molecular weight excluding hydrogens is 490 g/mol. The molecule has 0 saturated heterocycles. The van der Waals surface area contributed by atoms with E-state index >= 15 is 0 Å². The minimum atomic E-state index is -0.575. The van der Waals surface area contributed by atoms with Crippen LogP contribution in [-0.2, 0) is 4.79 Å². The van der Waals surface area contributed by atoms with E-state index in [1.54, 1.807) is 48.5 Å². The number of nitrogens with zero attached hydrogens (tertiary/aromatic N) is 2. The fourth-order valence-corrected chi connectivity index (χ4v) is 3.92. The van der Waals surface area contributed by atoms with Crippen LogP contribution in [0.15, 0.2) is 106 Å². The summed E-state index contributed by atoms with van der Waals surface area (Å²) in [6.45, 7) is 5.98. The number of nitrogens with two attached hydrogens (primary N) is 1. The monoisotopic (exact) mass is 521 g/mol. The molecule has 4 aromatic rings. The SMILES string of the molecule is CCN(CC)c1ccc(/C=C(/NC(=O)c2ccccc2)C(=O)N/N=C/c2ccc(-c3ccc(N)cc3)o2)cc1. The topological polar surface area (TPSA) is 113 Å². The first-order valence-electron chi connectivity index (χ1n) is 12.7. The third-order valence-corrected chi connectivity index (χ3v) is 6.04. The van der Waals surface area contributed by atoms with Crippen LogP contribution in [0.5, 0.6) is 0 Å². The van der Waals surface area contributed by atoms with E-state index in [0.29, 0.717) is 22.8 Å². The largest absolute Gasteiger partial charge is 0.455 e. The number of nitrogens with one attached hydrogen (secondary N) is 2. The molecule has 0 spiro atoms. The van der Waals surface area contributed by atoms with Crippen LogP contribution in [-0.4, -0.2) is 31.1 Å². The van der Waals surface area contributed by atoms with Gasteiger partial charge in [-0.05, 0) is 86.2 Å². The second-order valence-electron chi connectivity index (χ2n) is 8.67. The van der Waals surface area contributed by atoms with Crippen molar-refractivity contribution >= 4 is 35.5 Å². The Hall–Kier alpha value is -5.11. The molecule has 3 aromatic carbocycles. The van der Waals surface area contributed by atoms with Crippen molar-refractivity contribution < 1.29 is 14.0 Å². The maximum atomic E-state index is 13.1. The molecular formula is C31H31N5O3. The number of anilines is 2. The van der Waals surface area contributed by atoms with E-state index < -0.39 is 11.8 Å². The van der Waals surface area contributed by atoms with Crippen LogP contribution in [0.3, 0.4) is 0 Å². The van der Waals surface area contributed by atoms with Gasteiger partial charge < -0.3 is 20.4 Å². The minimum absolute atomic E-state index is 0.0543. The summed E-state index contributed by atoms with van der Waals surface area (Å²) in [6.07, 6.45) is 3.01. The lowest BCUT2D eigenvalue weighted by atomic mass is 10.1. The summed E-state index contributed by atoms with van der Waals surface area (Å²) >= 11 is 0. The molecule has 8 nitrogen and oxygen atoms in total. The highest BCUT2D eigenvalue weighted by Gasteiger charge is 2.15. The van der Waals surface area contributed by atoms with Gasteiger partial charge in [0.2, 0.25) is 0 Å². The van der Waals surface area contributed by atoms with Gasteiger partial charge in [-0.3, -0.25) is 9.59 Å². The maximum Gasteiger partial charge on any atom is 0.287 e. The number of hydrogen-bond donors (Lipinski definition) is 3. The minimum Gasteiger partial charge on any atom is -0.455 e. The van der Waals surface area contributed by atoms with E-state index in [0.717, 1.165) is 29.9 Å². The average Bonchev–Trinajstić information content (AvgIpc) is 3.44. The maximum absolute atomic E-state index is 13.1. The lowest BCUT2D eigenvalue weighted by molar-refractivity contribution is -0.117. The van der Waals surface area contributed by atoms with Gasteiger partial charge in [-0.2, -0.15) is 5.10 Å². The summed E-state index contributed by atoms with van der Waals surface area (Å²) < 4.78 is 5.79. The van der Waals surface area contributed by atoms with Crippen LogP contribution < -0.4 is 21.4 Å². The van der Waals surface area contributed by atoms with Crippen molar-refractivity contribution in [3.8, 4) is 11.3 Å². The number of hydrazone groups is 1. The molecule has 0 aliphatic rings. The lowest BCUT2D eigenvalue weighted by Gasteiger charge is -2.20. The number of rotatable bonds is 10. The van der Waals surface area contributed by atoms with Crippen LogP contribution in [0.25, 0.3) is 17.4 Å². The number of carbonyl (C=O) groups excluding carboxylic acids is 2. The smallest absolute Gasteiger partial charge is 0.287 e. The van der Waals surface area contributed by atoms with Crippen molar-refractivity contribution in [3.63, 3.8) is 0 Å². The standard InChI is InChI=1S/C31H31N5O3/c1-3-36(4-2)26-16-10-22(11-17-26)20-28(34-30(37)24-8-6-5-7-9-24)31(38)35-33-21-27-18-19-29(39-27)23-12-14-25(32)15-13-23/h5-21H,3-4,32H2,1-2H3,(H,34,37)(H,35,38)/b28-20+,33-21+. The summed E-state index contributed by atoms with van der Waals surface area (Å²) in [5.41, 5.74) is 12.1. The summed E-state index contributed by atoms with van der Waals surface area (Å²) in [7, 11) is 0. The van der Waals surface area contributed by atoms with Crippen LogP contribution >= 0.6 is 0 Å². The Morgan fingerprint density at radius 3 is 2.26 bits per heavy atom. The molecule has 4 rings (SSSR count). The van der Waals surface area contributed by atoms with Crippen molar-refractivity contribution in [2.45, 2.75) is 13.8 Å².